The summed E-state index contributed by atoms with van der Waals surface area (Å²) in [4.78, 5) is 0. The first-order valence-electron chi connectivity index (χ1n) is 6.24. The van der Waals surface area contributed by atoms with Crippen LogP contribution in [0, 0.1) is 0 Å². The molecular formula is C12H27ClN2. The first kappa shape index (κ1) is 15.2. The summed E-state index contributed by atoms with van der Waals surface area (Å²) in [6, 6.07) is 0.797. The lowest BCUT2D eigenvalue weighted by Gasteiger charge is -2.43. The van der Waals surface area contributed by atoms with Crippen LogP contribution in [0.25, 0.3) is 0 Å². The number of quaternary nitrogens is 1. The van der Waals surface area contributed by atoms with Gasteiger partial charge < -0.3 is 22.2 Å². The minimum atomic E-state index is 0. The molecule has 0 aliphatic carbocycles. The summed E-state index contributed by atoms with van der Waals surface area (Å²) in [7, 11) is 2.43. The van der Waals surface area contributed by atoms with Crippen molar-refractivity contribution in [3.8, 4) is 0 Å². The number of nitrogens with one attached hydrogen (secondary N) is 1. The van der Waals surface area contributed by atoms with Gasteiger partial charge in [0.2, 0.25) is 0 Å². The number of hydrogen-bond donors (Lipinski definition) is 1. The van der Waals surface area contributed by atoms with Gasteiger partial charge >= 0.3 is 0 Å². The fourth-order valence-corrected chi connectivity index (χ4v) is 2.32. The van der Waals surface area contributed by atoms with Crippen molar-refractivity contribution in [1.29, 1.82) is 0 Å². The van der Waals surface area contributed by atoms with Gasteiger partial charge in [0.25, 0.3) is 0 Å². The Kier molecular flexibility index (Phi) is 7.58. The Morgan fingerprint density at radius 1 is 1.27 bits per heavy atom. The predicted octanol–water partition coefficient (Wildman–Crippen LogP) is -0.991. The van der Waals surface area contributed by atoms with Crippen molar-refractivity contribution >= 4 is 0 Å². The van der Waals surface area contributed by atoms with Crippen molar-refractivity contribution in [3.05, 3.63) is 0 Å². The highest BCUT2D eigenvalue weighted by Crippen LogP contribution is 2.15. The minimum absolute atomic E-state index is 0. The van der Waals surface area contributed by atoms with E-state index in [-0.39, 0.29) is 12.4 Å². The van der Waals surface area contributed by atoms with Crippen LogP contribution in [0.4, 0.5) is 0 Å². The molecule has 1 aliphatic rings. The number of rotatable bonds is 5. The fourth-order valence-electron chi connectivity index (χ4n) is 2.32. The van der Waals surface area contributed by atoms with Crippen molar-refractivity contribution in [3.63, 3.8) is 0 Å². The van der Waals surface area contributed by atoms with Crippen LogP contribution in [0.1, 0.15) is 39.5 Å². The third kappa shape index (κ3) is 4.71. The smallest absolute Gasteiger partial charge is 0.0986 e. The second-order valence-corrected chi connectivity index (χ2v) is 5.04. The Hall–Kier alpha value is 0.210. The zero-order valence-electron chi connectivity index (χ0n) is 10.6. The molecule has 0 saturated carbocycles. The van der Waals surface area contributed by atoms with E-state index < -0.39 is 0 Å². The van der Waals surface area contributed by atoms with E-state index >= 15 is 0 Å². The quantitative estimate of drug-likeness (QED) is 0.476. The molecule has 0 spiro atoms. The van der Waals surface area contributed by atoms with Crippen LogP contribution in [-0.2, 0) is 0 Å². The molecule has 3 heteroatoms. The molecular weight excluding hydrogens is 208 g/mol. The molecule has 1 saturated heterocycles. The van der Waals surface area contributed by atoms with Crippen LogP contribution in [0.5, 0.6) is 0 Å². The summed E-state index contributed by atoms with van der Waals surface area (Å²) in [6.45, 7) is 9.75. The Labute approximate surface area is 101 Å². The second kappa shape index (κ2) is 7.48. The summed E-state index contributed by atoms with van der Waals surface area (Å²) in [6.07, 6.45) is 5.59. The summed E-state index contributed by atoms with van der Waals surface area (Å²) in [5.41, 5.74) is 0. The Morgan fingerprint density at radius 2 is 2.00 bits per heavy atom. The lowest BCUT2D eigenvalue weighted by molar-refractivity contribution is -0.933. The third-order valence-corrected chi connectivity index (χ3v) is 3.83. The topological polar surface area (TPSA) is 12.0 Å². The van der Waals surface area contributed by atoms with Crippen LogP contribution in [0.2, 0.25) is 0 Å². The van der Waals surface area contributed by atoms with E-state index in [9.17, 15) is 0 Å². The SMILES string of the molecule is CCCCCC[N+]1(C)CCNCC1C.[Cl-]. The fraction of sp³-hybridized carbons (Fsp3) is 1.00. The standard InChI is InChI=1S/C12H27N2.ClH/c1-4-5-6-7-9-14(3)10-8-13-11-12(14)2;/h12-13H,4-11H2,1-3H3;1H/q+1;/p-1. The maximum atomic E-state index is 3.48. The molecule has 0 amide bonds. The first-order valence-corrected chi connectivity index (χ1v) is 6.24. The molecule has 1 heterocycles. The molecule has 1 rings (SSSR count). The molecule has 0 aromatic rings. The number of likely N-dealkylation sites (N-methyl/N-ethyl adjacent to an activating group) is 1. The van der Waals surface area contributed by atoms with Gasteiger partial charge in [-0.1, -0.05) is 19.8 Å². The summed E-state index contributed by atoms with van der Waals surface area (Å²) < 4.78 is 1.29. The molecule has 0 aromatic carbocycles. The van der Waals surface area contributed by atoms with E-state index in [0.29, 0.717) is 0 Å². The highest BCUT2D eigenvalue weighted by atomic mass is 35.5. The molecule has 1 aliphatic heterocycles. The van der Waals surface area contributed by atoms with Crippen LogP contribution in [-0.4, -0.2) is 43.8 Å². The van der Waals surface area contributed by atoms with Gasteiger partial charge in [0, 0.05) is 13.1 Å². The van der Waals surface area contributed by atoms with Gasteiger partial charge in [0.1, 0.15) is 0 Å². The number of halogens is 1. The molecule has 1 N–H and O–H groups in total. The first-order chi connectivity index (χ1) is 6.69. The Bertz CT molecular complexity index is 164. The molecule has 1 fully saturated rings. The molecule has 2 atom stereocenters. The average Bonchev–Trinajstić information content (AvgIpc) is 2.18. The molecule has 0 bridgehead atoms. The van der Waals surface area contributed by atoms with Gasteiger partial charge in [-0.25, -0.2) is 0 Å². The Morgan fingerprint density at radius 3 is 2.60 bits per heavy atom. The Balaban J connectivity index is 0.00000196. The van der Waals surface area contributed by atoms with E-state index in [1.165, 1.54) is 56.3 Å². The van der Waals surface area contributed by atoms with Gasteiger partial charge in [-0.2, -0.15) is 0 Å². The van der Waals surface area contributed by atoms with Crippen molar-refractivity contribution < 1.29 is 16.9 Å². The van der Waals surface area contributed by atoms with Gasteiger partial charge in [-0.15, -0.1) is 0 Å². The maximum Gasteiger partial charge on any atom is 0.0986 e. The van der Waals surface area contributed by atoms with Gasteiger partial charge in [-0.05, 0) is 19.8 Å². The molecule has 0 radical (unpaired) electrons. The number of piperazine rings is 1. The lowest BCUT2D eigenvalue weighted by Crippen LogP contribution is -3.00. The zero-order chi connectivity index (χ0) is 10.4. The van der Waals surface area contributed by atoms with Gasteiger partial charge in [0.05, 0.1) is 26.2 Å². The van der Waals surface area contributed by atoms with Gasteiger partial charge in [0.15, 0.2) is 0 Å². The van der Waals surface area contributed by atoms with Crippen LogP contribution < -0.4 is 17.7 Å². The van der Waals surface area contributed by atoms with Crippen LogP contribution in [0.3, 0.4) is 0 Å². The van der Waals surface area contributed by atoms with E-state index in [1.807, 2.05) is 0 Å². The van der Waals surface area contributed by atoms with Crippen LogP contribution >= 0.6 is 0 Å². The molecule has 92 valence electrons. The van der Waals surface area contributed by atoms with Crippen LogP contribution in [0.15, 0.2) is 0 Å². The molecule has 2 unspecified atom stereocenters. The van der Waals surface area contributed by atoms with Crippen molar-refractivity contribution in [1.82, 2.24) is 5.32 Å². The van der Waals surface area contributed by atoms with Crippen molar-refractivity contribution in [2.24, 2.45) is 0 Å². The van der Waals surface area contributed by atoms with E-state index in [4.69, 9.17) is 0 Å². The van der Waals surface area contributed by atoms with E-state index in [2.05, 4.69) is 26.2 Å². The molecule has 2 nitrogen and oxygen atoms in total. The van der Waals surface area contributed by atoms with E-state index in [1.54, 1.807) is 0 Å². The molecule has 15 heavy (non-hydrogen) atoms. The number of nitrogens with zero attached hydrogens (tertiary/aromatic N) is 1. The van der Waals surface area contributed by atoms with Crippen molar-refractivity contribution in [2.45, 2.75) is 45.6 Å². The summed E-state index contributed by atoms with van der Waals surface area (Å²) in [5, 5.41) is 3.48. The number of hydrogen-bond acceptors (Lipinski definition) is 1. The minimum Gasteiger partial charge on any atom is -1.00 e. The largest absolute Gasteiger partial charge is 1.00 e. The monoisotopic (exact) mass is 234 g/mol. The lowest BCUT2D eigenvalue weighted by atomic mass is 10.1. The normalized spacial score (nSPS) is 31.0. The highest BCUT2D eigenvalue weighted by molar-refractivity contribution is 4.64. The second-order valence-electron chi connectivity index (χ2n) is 5.04. The highest BCUT2D eigenvalue weighted by Gasteiger charge is 2.30. The molecule has 0 aromatic heterocycles. The summed E-state index contributed by atoms with van der Waals surface area (Å²) >= 11 is 0. The summed E-state index contributed by atoms with van der Waals surface area (Å²) in [5.74, 6) is 0. The third-order valence-electron chi connectivity index (χ3n) is 3.83. The zero-order valence-corrected chi connectivity index (χ0v) is 11.3. The average molecular weight is 235 g/mol. The number of unbranched alkanes of at least 4 members (excludes halogenated alkanes) is 3. The van der Waals surface area contributed by atoms with Gasteiger partial charge in [-0.3, -0.25) is 0 Å². The van der Waals surface area contributed by atoms with E-state index in [0.717, 1.165) is 6.04 Å². The predicted molar refractivity (Wildman–Crippen MR) is 62.4 cm³/mol. The maximum absolute atomic E-state index is 3.48. The van der Waals surface area contributed by atoms with Crippen molar-refractivity contribution in [2.75, 3.05) is 33.2 Å².